The van der Waals surface area contributed by atoms with Gasteiger partial charge in [0, 0.05) is 35.6 Å². The first-order valence-electron chi connectivity index (χ1n) is 12.9. The van der Waals surface area contributed by atoms with Gasteiger partial charge in [-0.25, -0.2) is 12.8 Å². The van der Waals surface area contributed by atoms with Gasteiger partial charge in [-0.1, -0.05) is 77.8 Å². The van der Waals surface area contributed by atoms with Crippen molar-refractivity contribution in [3.05, 3.63) is 130 Å². The maximum Gasteiger partial charge on any atom is 0.264 e. The van der Waals surface area contributed by atoms with Crippen LogP contribution >= 0.6 is 23.2 Å². The lowest BCUT2D eigenvalue weighted by Crippen LogP contribution is -2.53. The number of hydrogen-bond acceptors (Lipinski definition) is 4. The van der Waals surface area contributed by atoms with Gasteiger partial charge >= 0.3 is 0 Å². The van der Waals surface area contributed by atoms with Crippen LogP contribution in [0.15, 0.2) is 108 Å². The third kappa shape index (κ3) is 7.47. The lowest BCUT2D eigenvalue weighted by atomic mass is 10.0. The molecule has 0 radical (unpaired) electrons. The average molecular weight is 629 g/mol. The highest BCUT2D eigenvalue weighted by Gasteiger charge is 2.34. The minimum Gasteiger partial charge on any atom is -0.357 e. The van der Waals surface area contributed by atoms with Crippen LogP contribution in [-0.4, -0.2) is 44.8 Å². The Labute approximate surface area is 254 Å². The number of rotatable bonds is 11. The molecule has 2 amide bonds. The van der Waals surface area contributed by atoms with Crippen LogP contribution in [0.4, 0.5) is 10.1 Å². The molecule has 0 spiro atoms. The number of nitrogens with one attached hydrogen (secondary N) is 1. The molecule has 4 aromatic carbocycles. The van der Waals surface area contributed by atoms with E-state index in [2.05, 4.69) is 5.32 Å². The fraction of sp³-hybridized carbons (Fsp3) is 0.161. The van der Waals surface area contributed by atoms with Crippen molar-refractivity contribution in [1.82, 2.24) is 10.2 Å². The molecule has 1 atom stereocenters. The molecular weight excluding hydrogens is 600 g/mol. The molecule has 0 aromatic heterocycles. The van der Waals surface area contributed by atoms with E-state index in [0.717, 1.165) is 9.87 Å². The van der Waals surface area contributed by atoms with E-state index in [1.54, 1.807) is 30.3 Å². The second kappa shape index (κ2) is 13.8. The van der Waals surface area contributed by atoms with Crippen LogP contribution in [0.2, 0.25) is 10.0 Å². The summed E-state index contributed by atoms with van der Waals surface area (Å²) in [6, 6.07) is 25.5. The van der Waals surface area contributed by atoms with E-state index in [4.69, 9.17) is 23.2 Å². The van der Waals surface area contributed by atoms with E-state index in [0.29, 0.717) is 5.02 Å². The van der Waals surface area contributed by atoms with E-state index in [-0.39, 0.29) is 34.1 Å². The second-order valence-electron chi connectivity index (χ2n) is 9.38. The van der Waals surface area contributed by atoms with Gasteiger partial charge in [0.2, 0.25) is 11.8 Å². The fourth-order valence-corrected chi connectivity index (χ4v) is 6.14. The summed E-state index contributed by atoms with van der Waals surface area (Å²) in [5, 5.41) is 3.18. The molecule has 4 aromatic rings. The molecule has 1 N–H and O–H groups in total. The standard InChI is InChI=1S/C31H28Cl2FN3O4S/c1-35-31(39)29(18-22-8-3-2-4-9-22)36(20-23-10-5-6-13-28(23)34)30(38)21-37(26-12-7-11-25(33)19-26)42(40,41)27-16-14-24(32)15-17-27/h2-17,19,29H,18,20-21H2,1H3,(H,35,39). The SMILES string of the molecule is CNC(=O)C(Cc1ccccc1)N(Cc1ccccc1F)C(=O)CN(c1cccc(Cl)c1)S(=O)(=O)c1ccc(Cl)cc1. The molecule has 0 aliphatic carbocycles. The summed E-state index contributed by atoms with van der Waals surface area (Å²) in [7, 11) is -2.87. The number of likely N-dealkylation sites (N-methyl/N-ethyl adjacent to an activating group) is 1. The van der Waals surface area contributed by atoms with Crippen LogP contribution in [0.1, 0.15) is 11.1 Å². The summed E-state index contributed by atoms with van der Waals surface area (Å²) in [5.74, 6) is -1.77. The zero-order valence-corrected chi connectivity index (χ0v) is 24.9. The van der Waals surface area contributed by atoms with Gasteiger partial charge < -0.3 is 10.2 Å². The van der Waals surface area contributed by atoms with Gasteiger partial charge in [-0.2, -0.15) is 0 Å². The molecule has 0 bridgehead atoms. The van der Waals surface area contributed by atoms with Crippen LogP contribution in [0.25, 0.3) is 0 Å². The van der Waals surface area contributed by atoms with Gasteiger partial charge in [0.1, 0.15) is 18.4 Å². The molecule has 1 unspecified atom stereocenters. The Bertz CT molecular complexity index is 1650. The molecule has 42 heavy (non-hydrogen) atoms. The molecule has 0 heterocycles. The molecule has 11 heteroatoms. The molecule has 0 aliphatic heterocycles. The maximum absolute atomic E-state index is 14.8. The first-order chi connectivity index (χ1) is 20.1. The highest BCUT2D eigenvalue weighted by Crippen LogP contribution is 2.28. The Morgan fingerprint density at radius 2 is 1.52 bits per heavy atom. The van der Waals surface area contributed by atoms with E-state index < -0.39 is 40.2 Å². The van der Waals surface area contributed by atoms with Crippen LogP contribution in [0.5, 0.6) is 0 Å². The van der Waals surface area contributed by atoms with Crippen LogP contribution in [-0.2, 0) is 32.6 Å². The van der Waals surface area contributed by atoms with E-state index >= 15 is 0 Å². The molecular formula is C31H28Cl2FN3O4S. The van der Waals surface area contributed by atoms with Gasteiger partial charge in [0.25, 0.3) is 10.0 Å². The predicted octanol–water partition coefficient (Wildman–Crippen LogP) is 5.71. The second-order valence-corrected chi connectivity index (χ2v) is 12.1. The summed E-state index contributed by atoms with van der Waals surface area (Å²) in [5.41, 5.74) is 1.07. The first kappa shape index (κ1) is 31.0. The minimum absolute atomic E-state index is 0.104. The van der Waals surface area contributed by atoms with Crippen LogP contribution in [0.3, 0.4) is 0 Å². The Morgan fingerprint density at radius 3 is 2.17 bits per heavy atom. The van der Waals surface area contributed by atoms with Gasteiger partial charge in [-0.15, -0.1) is 0 Å². The monoisotopic (exact) mass is 627 g/mol. The summed E-state index contributed by atoms with van der Waals surface area (Å²) >= 11 is 12.2. The van der Waals surface area contributed by atoms with Crippen molar-refractivity contribution < 1.29 is 22.4 Å². The number of carbonyl (C=O) groups excluding carboxylic acids is 2. The van der Waals surface area contributed by atoms with E-state index in [1.807, 2.05) is 18.2 Å². The summed E-state index contributed by atoms with van der Waals surface area (Å²) in [4.78, 5) is 28.5. The smallest absolute Gasteiger partial charge is 0.264 e. The Hall–Kier alpha value is -3.92. The van der Waals surface area contributed by atoms with Gasteiger partial charge in [0.15, 0.2) is 0 Å². The van der Waals surface area contributed by atoms with E-state index in [1.165, 1.54) is 66.5 Å². The molecule has 7 nitrogen and oxygen atoms in total. The number of carbonyl (C=O) groups is 2. The molecule has 0 aliphatic rings. The zero-order chi connectivity index (χ0) is 30.3. The number of nitrogens with zero attached hydrogens (tertiary/aromatic N) is 2. The third-order valence-electron chi connectivity index (χ3n) is 6.59. The normalized spacial score (nSPS) is 11.9. The summed E-state index contributed by atoms with van der Waals surface area (Å²) in [6.45, 7) is -0.969. The lowest BCUT2D eigenvalue weighted by Gasteiger charge is -2.33. The number of anilines is 1. The lowest BCUT2D eigenvalue weighted by molar-refractivity contribution is -0.139. The number of amides is 2. The zero-order valence-electron chi connectivity index (χ0n) is 22.6. The van der Waals surface area contributed by atoms with Crippen molar-refractivity contribution in [1.29, 1.82) is 0 Å². The van der Waals surface area contributed by atoms with Crippen LogP contribution in [0, 0.1) is 5.82 Å². The Morgan fingerprint density at radius 1 is 0.857 bits per heavy atom. The molecule has 4 rings (SSSR count). The first-order valence-corrected chi connectivity index (χ1v) is 15.1. The summed E-state index contributed by atoms with van der Waals surface area (Å²) in [6.07, 6.45) is 0.113. The van der Waals surface area contributed by atoms with Crippen molar-refractivity contribution in [2.45, 2.75) is 23.9 Å². The van der Waals surface area contributed by atoms with Crippen molar-refractivity contribution >= 4 is 50.7 Å². The topological polar surface area (TPSA) is 86.8 Å². The molecule has 0 fully saturated rings. The average Bonchev–Trinajstić information content (AvgIpc) is 2.98. The number of sulfonamides is 1. The molecule has 218 valence electrons. The van der Waals surface area contributed by atoms with Crippen molar-refractivity contribution in [2.24, 2.45) is 0 Å². The number of hydrogen-bond donors (Lipinski definition) is 1. The van der Waals surface area contributed by atoms with Crippen molar-refractivity contribution in [2.75, 3.05) is 17.9 Å². The maximum atomic E-state index is 14.8. The van der Waals surface area contributed by atoms with Crippen molar-refractivity contribution in [3.8, 4) is 0 Å². The number of halogens is 3. The highest BCUT2D eigenvalue weighted by molar-refractivity contribution is 7.92. The molecule has 0 saturated carbocycles. The predicted molar refractivity (Wildman–Crippen MR) is 162 cm³/mol. The Balaban J connectivity index is 1.80. The van der Waals surface area contributed by atoms with Crippen LogP contribution < -0.4 is 9.62 Å². The highest BCUT2D eigenvalue weighted by atomic mass is 35.5. The van der Waals surface area contributed by atoms with Gasteiger partial charge in [0.05, 0.1) is 10.6 Å². The van der Waals surface area contributed by atoms with E-state index in [9.17, 15) is 22.4 Å². The Kier molecular flexibility index (Phi) is 10.2. The minimum atomic E-state index is -4.31. The largest absolute Gasteiger partial charge is 0.357 e. The molecule has 0 saturated heterocycles. The quantitative estimate of drug-likeness (QED) is 0.231. The van der Waals surface area contributed by atoms with Gasteiger partial charge in [-0.3, -0.25) is 13.9 Å². The summed E-state index contributed by atoms with van der Waals surface area (Å²) < 4.78 is 43.6. The van der Waals surface area contributed by atoms with Crippen molar-refractivity contribution in [3.63, 3.8) is 0 Å². The fourth-order valence-electron chi connectivity index (χ4n) is 4.42. The third-order valence-corrected chi connectivity index (χ3v) is 8.87. The number of benzene rings is 4. The van der Waals surface area contributed by atoms with Gasteiger partial charge in [-0.05, 0) is 54.1 Å².